The average molecular weight is 330 g/mol. The predicted octanol–water partition coefficient (Wildman–Crippen LogP) is 4.22. The van der Waals surface area contributed by atoms with Gasteiger partial charge in [-0.05, 0) is 34.5 Å². The first-order chi connectivity index (χ1) is 8.93. The molecular weight excluding hydrogens is 319 g/mol. The monoisotopic (exact) mass is 329 g/mol. The number of benzene rings is 2. The van der Waals surface area contributed by atoms with Crippen LogP contribution in [0.3, 0.4) is 0 Å². The van der Waals surface area contributed by atoms with E-state index in [4.69, 9.17) is 5.73 Å². The number of nitrogens with two attached hydrogens (primary N) is 1. The van der Waals surface area contributed by atoms with Crippen LogP contribution in [0.1, 0.15) is 22.7 Å². The van der Waals surface area contributed by atoms with Gasteiger partial charge in [-0.2, -0.15) is 0 Å². The van der Waals surface area contributed by atoms with Crippen LogP contribution in [-0.2, 0) is 0 Å². The fraction of sp³-hybridized carbons (Fsp3) is 0.143. The fourth-order valence-corrected chi connectivity index (χ4v) is 2.21. The molecular formula is C14H11BrF3N. The number of rotatable bonds is 2. The van der Waals surface area contributed by atoms with Crippen molar-refractivity contribution in [3.63, 3.8) is 0 Å². The lowest BCUT2D eigenvalue weighted by Gasteiger charge is -2.16. The highest BCUT2D eigenvalue weighted by molar-refractivity contribution is 9.10. The summed E-state index contributed by atoms with van der Waals surface area (Å²) in [5.74, 6) is -2.56. The van der Waals surface area contributed by atoms with E-state index < -0.39 is 23.5 Å². The Morgan fingerprint density at radius 3 is 2.26 bits per heavy atom. The lowest BCUT2D eigenvalue weighted by molar-refractivity contribution is 0.487. The first-order valence-corrected chi connectivity index (χ1v) is 6.36. The minimum absolute atomic E-state index is 0.0694. The van der Waals surface area contributed by atoms with E-state index in [1.54, 1.807) is 6.07 Å². The van der Waals surface area contributed by atoms with Gasteiger partial charge in [0.2, 0.25) is 0 Å². The summed E-state index contributed by atoms with van der Waals surface area (Å²) in [4.78, 5) is 0. The van der Waals surface area contributed by atoms with E-state index in [0.29, 0.717) is 0 Å². The molecule has 0 bridgehead atoms. The minimum Gasteiger partial charge on any atom is -0.320 e. The Hall–Kier alpha value is -1.33. The summed E-state index contributed by atoms with van der Waals surface area (Å²) < 4.78 is 41.5. The maximum Gasteiger partial charge on any atom is 0.164 e. The van der Waals surface area contributed by atoms with Crippen LogP contribution < -0.4 is 5.73 Å². The van der Waals surface area contributed by atoms with Crippen LogP contribution in [0.5, 0.6) is 0 Å². The van der Waals surface area contributed by atoms with Crippen LogP contribution in [0, 0.1) is 24.4 Å². The number of hydrogen-bond donors (Lipinski definition) is 1. The number of halogens is 4. The third-order valence-electron chi connectivity index (χ3n) is 2.96. The molecule has 2 aromatic carbocycles. The van der Waals surface area contributed by atoms with Gasteiger partial charge in [-0.15, -0.1) is 0 Å². The van der Waals surface area contributed by atoms with Gasteiger partial charge in [0.25, 0.3) is 0 Å². The SMILES string of the molecule is Cc1ccc(C(N)c2cccc(Br)c2F)c(F)c1F. The van der Waals surface area contributed by atoms with Crippen molar-refractivity contribution in [3.8, 4) is 0 Å². The first kappa shape index (κ1) is 14.1. The zero-order valence-electron chi connectivity index (χ0n) is 10.1. The Morgan fingerprint density at radius 2 is 1.58 bits per heavy atom. The van der Waals surface area contributed by atoms with E-state index in [1.165, 1.54) is 31.2 Å². The van der Waals surface area contributed by atoms with Crippen LogP contribution in [0.15, 0.2) is 34.8 Å². The van der Waals surface area contributed by atoms with Crippen molar-refractivity contribution >= 4 is 15.9 Å². The molecule has 1 atom stereocenters. The lowest BCUT2D eigenvalue weighted by atomic mass is 9.97. The fourth-order valence-electron chi connectivity index (χ4n) is 1.83. The largest absolute Gasteiger partial charge is 0.320 e. The van der Waals surface area contributed by atoms with E-state index in [9.17, 15) is 13.2 Å². The predicted molar refractivity (Wildman–Crippen MR) is 71.2 cm³/mol. The normalized spacial score (nSPS) is 12.5. The van der Waals surface area contributed by atoms with E-state index in [1.807, 2.05) is 0 Å². The Bertz CT molecular complexity index is 628. The number of hydrogen-bond acceptors (Lipinski definition) is 1. The molecule has 5 heteroatoms. The molecule has 0 fully saturated rings. The molecule has 0 saturated heterocycles. The van der Waals surface area contributed by atoms with E-state index in [2.05, 4.69) is 15.9 Å². The Balaban J connectivity index is 2.53. The van der Waals surface area contributed by atoms with Crippen LogP contribution in [0.4, 0.5) is 13.2 Å². The molecule has 1 nitrogen and oxygen atoms in total. The summed E-state index contributed by atoms with van der Waals surface area (Å²) in [5.41, 5.74) is 6.06. The van der Waals surface area contributed by atoms with E-state index in [0.717, 1.165) is 0 Å². The van der Waals surface area contributed by atoms with Crippen LogP contribution in [0.2, 0.25) is 0 Å². The second kappa shape index (κ2) is 5.35. The summed E-state index contributed by atoms with van der Waals surface area (Å²) in [6.45, 7) is 1.45. The van der Waals surface area contributed by atoms with Crippen molar-refractivity contribution in [1.29, 1.82) is 0 Å². The highest BCUT2D eigenvalue weighted by Crippen LogP contribution is 2.29. The summed E-state index contributed by atoms with van der Waals surface area (Å²) in [5, 5.41) is 0. The Morgan fingerprint density at radius 1 is 0.947 bits per heavy atom. The molecule has 0 heterocycles. The Labute approximate surface area is 117 Å². The lowest BCUT2D eigenvalue weighted by Crippen LogP contribution is -2.16. The molecule has 0 amide bonds. The summed E-state index contributed by atoms with van der Waals surface area (Å²) >= 11 is 3.03. The molecule has 0 spiro atoms. The summed E-state index contributed by atoms with van der Waals surface area (Å²) in [6.07, 6.45) is 0. The molecule has 19 heavy (non-hydrogen) atoms. The zero-order valence-corrected chi connectivity index (χ0v) is 11.6. The standard InChI is InChI=1S/C14H11BrF3N/c1-7-5-6-9(13(18)11(7)16)14(19)8-3-2-4-10(15)12(8)17/h2-6,14H,19H2,1H3. The quantitative estimate of drug-likeness (QED) is 0.876. The van der Waals surface area contributed by atoms with Gasteiger partial charge in [0.05, 0.1) is 10.5 Å². The van der Waals surface area contributed by atoms with Gasteiger partial charge < -0.3 is 5.73 Å². The van der Waals surface area contributed by atoms with Gasteiger partial charge in [-0.25, -0.2) is 13.2 Å². The van der Waals surface area contributed by atoms with Crippen molar-refractivity contribution < 1.29 is 13.2 Å². The maximum atomic E-state index is 13.9. The third kappa shape index (κ3) is 2.53. The molecule has 0 saturated carbocycles. The molecule has 100 valence electrons. The second-order valence-corrected chi connectivity index (χ2v) is 5.07. The second-order valence-electron chi connectivity index (χ2n) is 4.22. The van der Waals surface area contributed by atoms with Gasteiger partial charge in [0.15, 0.2) is 11.6 Å². The highest BCUT2D eigenvalue weighted by Gasteiger charge is 2.21. The molecule has 0 aliphatic rings. The zero-order chi connectivity index (χ0) is 14.2. The van der Waals surface area contributed by atoms with Crippen LogP contribution in [-0.4, -0.2) is 0 Å². The molecule has 0 aliphatic heterocycles. The van der Waals surface area contributed by atoms with Crippen LogP contribution in [0.25, 0.3) is 0 Å². The minimum atomic E-state index is -1.06. The summed E-state index contributed by atoms with van der Waals surface area (Å²) in [7, 11) is 0. The first-order valence-electron chi connectivity index (χ1n) is 5.57. The summed E-state index contributed by atoms with van der Waals surface area (Å²) in [6, 6.07) is 6.28. The molecule has 0 radical (unpaired) electrons. The maximum absolute atomic E-state index is 13.9. The van der Waals surface area contributed by atoms with Crippen molar-refractivity contribution in [2.75, 3.05) is 0 Å². The van der Waals surface area contributed by atoms with Gasteiger partial charge >= 0.3 is 0 Å². The third-order valence-corrected chi connectivity index (χ3v) is 3.57. The van der Waals surface area contributed by atoms with Crippen molar-refractivity contribution in [1.82, 2.24) is 0 Å². The topological polar surface area (TPSA) is 26.0 Å². The molecule has 1 unspecified atom stereocenters. The van der Waals surface area contributed by atoms with Gasteiger partial charge in [-0.3, -0.25) is 0 Å². The molecule has 2 rings (SSSR count). The van der Waals surface area contributed by atoms with Crippen molar-refractivity contribution in [2.24, 2.45) is 5.73 Å². The van der Waals surface area contributed by atoms with Crippen molar-refractivity contribution in [3.05, 3.63) is 68.9 Å². The number of aryl methyl sites for hydroxylation is 1. The van der Waals surface area contributed by atoms with E-state index >= 15 is 0 Å². The smallest absolute Gasteiger partial charge is 0.164 e. The molecule has 2 N–H and O–H groups in total. The van der Waals surface area contributed by atoms with E-state index in [-0.39, 0.29) is 21.2 Å². The van der Waals surface area contributed by atoms with Gasteiger partial charge in [0, 0.05) is 11.1 Å². The van der Waals surface area contributed by atoms with Gasteiger partial charge in [-0.1, -0.05) is 24.3 Å². The highest BCUT2D eigenvalue weighted by atomic mass is 79.9. The molecule has 2 aromatic rings. The molecule has 0 aromatic heterocycles. The van der Waals surface area contributed by atoms with Gasteiger partial charge in [0.1, 0.15) is 5.82 Å². The average Bonchev–Trinajstić information content (AvgIpc) is 2.39. The Kier molecular flexibility index (Phi) is 3.96. The van der Waals surface area contributed by atoms with Crippen molar-refractivity contribution in [2.45, 2.75) is 13.0 Å². The van der Waals surface area contributed by atoms with Crippen LogP contribution >= 0.6 is 15.9 Å². The molecule has 0 aliphatic carbocycles.